The lowest BCUT2D eigenvalue weighted by Gasteiger charge is -2.38. The standard InChI is InChI=1S/C17H23N3O3/c21-17(18-15-5-7-16(8-6-15)20(22)23)12-19-10-9-13-3-1-2-4-14(13)11-19/h5-8,13-14H,1-4,9-12H2,(H,18,21)/p+1/t13-,14-/m1/s1. The van der Waals surface area contributed by atoms with Crippen molar-refractivity contribution in [3.63, 3.8) is 0 Å². The van der Waals surface area contributed by atoms with E-state index in [0.29, 0.717) is 12.2 Å². The van der Waals surface area contributed by atoms with Gasteiger partial charge in [-0.1, -0.05) is 12.8 Å². The molecule has 6 heteroatoms. The van der Waals surface area contributed by atoms with E-state index >= 15 is 0 Å². The minimum Gasteiger partial charge on any atom is -0.327 e. The van der Waals surface area contributed by atoms with Gasteiger partial charge < -0.3 is 10.2 Å². The lowest BCUT2D eigenvalue weighted by molar-refractivity contribution is -0.902. The van der Waals surface area contributed by atoms with Crippen molar-refractivity contribution >= 4 is 17.3 Å². The Balaban J connectivity index is 1.50. The van der Waals surface area contributed by atoms with Crippen LogP contribution < -0.4 is 10.2 Å². The maximum Gasteiger partial charge on any atom is 0.279 e. The Labute approximate surface area is 136 Å². The Hall–Kier alpha value is -1.95. The van der Waals surface area contributed by atoms with E-state index in [0.717, 1.165) is 24.9 Å². The molecule has 3 rings (SSSR count). The number of hydrogen-bond acceptors (Lipinski definition) is 3. The van der Waals surface area contributed by atoms with Crippen LogP contribution in [0.15, 0.2) is 24.3 Å². The van der Waals surface area contributed by atoms with Gasteiger partial charge in [0.05, 0.1) is 18.0 Å². The number of nitro groups is 1. The van der Waals surface area contributed by atoms with Gasteiger partial charge in [-0.05, 0) is 37.3 Å². The van der Waals surface area contributed by atoms with E-state index in [1.807, 2.05) is 0 Å². The summed E-state index contributed by atoms with van der Waals surface area (Å²) < 4.78 is 0. The number of amides is 1. The molecule has 124 valence electrons. The summed E-state index contributed by atoms with van der Waals surface area (Å²) in [6.07, 6.45) is 6.64. The Bertz CT molecular complexity index is 573. The van der Waals surface area contributed by atoms with Crippen LogP contribution in [0.3, 0.4) is 0 Å². The molecule has 0 radical (unpaired) electrons. The van der Waals surface area contributed by atoms with Crippen LogP contribution in [0.4, 0.5) is 11.4 Å². The lowest BCUT2D eigenvalue weighted by atomic mass is 9.75. The van der Waals surface area contributed by atoms with Gasteiger partial charge in [-0.25, -0.2) is 0 Å². The van der Waals surface area contributed by atoms with E-state index in [1.165, 1.54) is 49.1 Å². The predicted octanol–water partition coefficient (Wildman–Crippen LogP) is 1.63. The molecule has 2 aliphatic rings. The molecule has 0 spiro atoms. The highest BCUT2D eigenvalue weighted by Crippen LogP contribution is 2.32. The molecule has 1 unspecified atom stereocenters. The first-order valence-electron chi connectivity index (χ1n) is 8.49. The zero-order chi connectivity index (χ0) is 16.2. The van der Waals surface area contributed by atoms with Crippen molar-refractivity contribution in [2.24, 2.45) is 11.8 Å². The van der Waals surface area contributed by atoms with Crippen LogP contribution in [0, 0.1) is 22.0 Å². The Morgan fingerprint density at radius 1 is 1.17 bits per heavy atom. The summed E-state index contributed by atoms with van der Waals surface area (Å²) in [6.45, 7) is 2.67. The number of likely N-dealkylation sites (tertiary alicyclic amines) is 1. The highest BCUT2D eigenvalue weighted by molar-refractivity contribution is 5.91. The van der Waals surface area contributed by atoms with Crippen molar-refractivity contribution in [2.75, 3.05) is 25.0 Å². The Morgan fingerprint density at radius 3 is 2.57 bits per heavy atom. The molecule has 2 N–H and O–H groups in total. The van der Waals surface area contributed by atoms with Gasteiger partial charge in [-0.2, -0.15) is 0 Å². The highest BCUT2D eigenvalue weighted by atomic mass is 16.6. The minimum atomic E-state index is -0.440. The first kappa shape index (κ1) is 15.9. The Kier molecular flexibility index (Phi) is 4.91. The maximum absolute atomic E-state index is 12.2. The largest absolute Gasteiger partial charge is 0.327 e. The fourth-order valence-electron chi connectivity index (χ4n) is 4.05. The molecule has 1 aromatic carbocycles. The van der Waals surface area contributed by atoms with Crippen LogP contribution >= 0.6 is 0 Å². The monoisotopic (exact) mass is 318 g/mol. The molecule has 1 aromatic rings. The van der Waals surface area contributed by atoms with Crippen molar-refractivity contribution in [1.29, 1.82) is 0 Å². The van der Waals surface area contributed by atoms with Gasteiger partial charge in [0.1, 0.15) is 0 Å². The molecule has 0 bridgehead atoms. The average molecular weight is 318 g/mol. The van der Waals surface area contributed by atoms with Gasteiger partial charge in [0.25, 0.3) is 11.6 Å². The van der Waals surface area contributed by atoms with Crippen LogP contribution in [0.5, 0.6) is 0 Å². The first-order chi connectivity index (χ1) is 11.1. The second-order valence-electron chi connectivity index (χ2n) is 6.83. The molecule has 1 heterocycles. The third kappa shape index (κ3) is 4.07. The van der Waals surface area contributed by atoms with Gasteiger partial charge in [0.15, 0.2) is 6.54 Å². The number of anilines is 1. The van der Waals surface area contributed by atoms with E-state index in [2.05, 4.69) is 5.32 Å². The van der Waals surface area contributed by atoms with E-state index in [1.54, 1.807) is 12.1 Å². The number of nitrogens with one attached hydrogen (secondary N) is 2. The van der Waals surface area contributed by atoms with Crippen LogP contribution in [0.25, 0.3) is 0 Å². The van der Waals surface area contributed by atoms with Crippen LogP contribution in [-0.4, -0.2) is 30.5 Å². The Morgan fingerprint density at radius 2 is 1.87 bits per heavy atom. The zero-order valence-corrected chi connectivity index (χ0v) is 13.3. The summed E-state index contributed by atoms with van der Waals surface area (Å²) in [5.41, 5.74) is 0.653. The van der Waals surface area contributed by atoms with Crippen molar-refractivity contribution in [3.8, 4) is 0 Å². The van der Waals surface area contributed by atoms with Crippen molar-refractivity contribution in [2.45, 2.75) is 32.1 Å². The third-order valence-corrected chi connectivity index (χ3v) is 5.26. The van der Waals surface area contributed by atoms with Crippen molar-refractivity contribution in [3.05, 3.63) is 34.4 Å². The molecular weight excluding hydrogens is 294 g/mol. The summed E-state index contributed by atoms with van der Waals surface area (Å²) in [5.74, 6) is 1.66. The quantitative estimate of drug-likeness (QED) is 0.654. The van der Waals surface area contributed by atoms with E-state index in [9.17, 15) is 14.9 Å². The molecule has 1 saturated heterocycles. The van der Waals surface area contributed by atoms with Crippen LogP contribution in [0.1, 0.15) is 32.1 Å². The second kappa shape index (κ2) is 7.08. The van der Waals surface area contributed by atoms with Crippen molar-refractivity contribution < 1.29 is 14.6 Å². The number of carbonyl (C=O) groups is 1. The summed E-state index contributed by atoms with van der Waals surface area (Å²) in [6, 6.07) is 5.99. The number of hydrogen-bond donors (Lipinski definition) is 2. The van der Waals surface area contributed by atoms with Gasteiger partial charge in [-0.3, -0.25) is 14.9 Å². The molecule has 3 atom stereocenters. The molecule has 6 nitrogen and oxygen atoms in total. The average Bonchev–Trinajstić information content (AvgIpc) is 2.55. The van der Waals surface area contributed by atoms with E-state index < -0.39 is 4.92 Å². The molecule has 1 aliphatic heterocycles. The van der Waals surface area contributed by atoms with Gasteiger partial charge >= 0.3 is 0 Å². The molecule has 2 fully saturated rings. The summed E-state index contributed by atoms with van der Waals surface area (Å²) in [7, 11) is 0. The molecule has 1 aliphatic carbocycles. The van der Waals surface area contributed by atoms with Crippen LogP contribution in [0.2, 0.25) is 0 Å². The SMILES string of the molecule is O=C(C[NH+]1CC[C@H]2CCCC[C@@H]2C1)Nc1ccc([N+](=O)[O-])cc1. The van der Waals surface area contributed by atoms with E-state index in [4.69, 9.17) is 0 Å². The van der Waals surface area contributed by atoms with Crippen molar-refractivity contribution in [1.82, 2.24) is 0 Å². The number of quaternary nitrogens is 1. The number of benzene rings is 1. The number of rotatable bonds is 4. The number of fused-ring (bicyclic) bond motifs is 1. The van der Waals surface area contributed by atoms with Crippen LogP contribution in [-0.2, 0) is 4.79 Å². The van der Waals surface area contributed by atoms with Gasteiger partial charge in [0, 0.05) is 23.7 Å². The van der Waals surface area contributed by atoms with Gasteiger partial charge in [0.2, 0.25) is 0 Å². The molecule has 1 amide bonds. The number of nitro benzene ring substituents is 1. The summed E-state index contributed by atoms with van der Waals surface area (Å²) >= 11 is 0. The first-order valence-corrected chi connectivity index (χ1v) is 8.49. The number of piperidine rings is 1. The zero-order valence-electron chi connectivity index (χ0n) is 13.3. The topological polar surface area (TPSA) is 76.7 Å². The second-order valence-corrected chi connectivity index (χ2v) is 6.83. The number of nitrogens with zero attached hydrogens (tertiary/aromatic N) is 1. The summed E-state index contributed by atoms with van der Waals surface area (Å²) in [4.78, 5) is 23.7. The number of carbonyl (C=O) groups excluding carboxylic acids is 1. The highest BCUT2D eigenvalue weighted by Gasteiger charge is 2.34. The van der Waals surface area contributed by atoms with E-state index in [-0.39, 0.29) is 11.6 Å². The molecule has 1 saturated carbocycles. The normalized spacial score (nSPS) is 27.0. The third-order valence-electron chi connectivity index (χ3n) is 5.26. The maximum atomic E-state index is 12.2. The number of non-ortho nitro benzene ring substituents is 1. The lowest BCUT2D eigenvalue weighted by Crippen LogP contribution is -3.15. The fraction of sp³-hybridized carbons (Fsp3) is 0.588. The smallest absolute Gasteiger partial charge is 0.279 e. The molecular formula is C17H24N3O3+. The van der Waals surface area contributed by atoms with Gasteiger partial charge in [-0.15, -0.1) is 0 Å². The molecule has 0 aromatic heterocycles. The minimum absolute atomic E-state index is 0.0110. The molecule has 23 heavy (non-hydrogen) atoms. The predicted molar refractivity (Wildman–Crippen MR) is 87.4 cm³/mol. The summed E-state index contributed by atoms with van der Waals surface area (Å²) in [5, 5.41) is 13.5. The fourth-order valence-corrected chi connectivity index (χ4v) is 4.05.